The van der Waals surface area contributed by atoms with Crippen LogP contribution in [0.3, 0.4) is 0 Å². The van der Waals surface area contributed by atoms with Gasteiger partial charge in [-0.3, -0.25) is 0 Å². The second kappa shape index (κ2) is 6.63. The van der Waals surface area contributed by atoms with E-state index >= 15 is 0 Å². The van der Waals surface area contributed by atoms with Crippen molar-refractivity contribution in [3.63, 3.8) is 0 Å². The van der Waals surface area contributed by atoms with E-state index in [9.17, 15) is 0 Å². The van der Waals surface area contributed by atoms with E-state index in [0.29, 0.717) is 11.1 Å². The van der Waals surface area contributed by atoms with E-state index in [4.69, 9.17) is 0 Å². The van der Waals surface area contributed by atoms with E-state index in [0.717, 1.165) is 0 Å². The third-order valence-electron chi connectivity index (χ3n) is 5.00. The Morgan fingerprint density at radius 2 is 1.21 bits per heavy atom. The molecule has 0 atom stereocenters. The molecule has 0 aromatic rings. The zero-order valence-electron chi connectivity index (χ0n) is 14.4. The maximum absolute atomic E-state index is 2.86. The molecule has 0 aromatic heterocycles. The summed E-state index contributed by atoms with van der Waals surface area (Å²) in [6.07, 6.45) is 2.50. The van der Waals surface area contributed by atoms with Crippen LogP contribution in [-0.2, 0) is 0 Å². The molecular weight excluding hydrogens is 341 g/mol. The monoisotopic (exact) mass is 376 g/mol. The van der Waals surface area contributed by atoms with Gasteiger partial charge in [0.25, 0.3) is 0 Å². The third-order valence-corrected chi connectivity index (χ3v) is 15.4. The van der Waals surface area contributed by atoms with Crippen molar-refractivity contribution in [2.24, 2.45) is 0 Å². The predicted octanol–water partition coefficient (Wildman–Crippen LogP) is 3.27. The average Bonchev–Trinajstić information content (AvgIpc) is 2.33. The van der Waals surface area contributed by atoms with Crippen molar-refractivity contribution in [1.82, 2.24) is 9.36 Å². The van der Waals surface area contributed by atoms with Gasteiger partial charge in [0.15, 0.2) is 0 Å². The fourth-order valence-corrected chi connectivity index (χ4v) is 11.8. The first-order valence-electron chi connectivity index (χ1n) is 7.92. The second-order valence-electron chi connectivity index (χ2n) is 6.80. The maximum atomic E-state index is 2.86. The van der Waals surface area contributed by atoms with Gasteiger partial charge < -0.3 is 0 Å². The molecule has 1 saturated heterocycles. The summed E-state index contributed by atoms with van der Waals surface area (Å²) in [5.74, 6) is 0. The van der Waals surface area contributed by atoms with E-state index in [-0.39, 0.29) is 0 Å². The number of nitrogens with zero attached hydrogens (tertiary/aromatic N) is 3. The molecule has 1 heterocycles. The van der Waals surface area contributed by atoms with E-state index in [1.807, 2.05) is 0 Å². The molecule has 113 valence electrons. The fraction of sp³-hybridized carbons (Fsp3) is 1.00. The van der Waals surface area contributed by atoms with Gasteiger partial charge in [0, 0.05) is 0 Å². The molecule has 0 aromatic carbocycles. The van der Waals surface area contributed by atoms with Gasteiger partial charge in [-0.15, -0.1) is 0 Å². The van der Waals surface area contributed by atoms with Crippen LogP contribution >= 0.6 is 0 Å². The van der Waals surface area contributed by atoms with Gasteiger partial charge >= 0.3 is 129 Å². The molecule has 1 radical (unpaired) electrons. The van der Waals surface area contributed by atoms with E-state index in [2.05, 4.69) is 64.8 Å². The summed E-state index contributed by atoms with van der Waals surface area (Å²) in [7, 11) is 0. The standard InChI is InChI=1S/C11H24N2.C4H10N.Sn/c1-7-10(3,4)12-9-13-11(5,6)8-2;1-3-5-4-2;/h7-9H2,1-6H3;3-4H2,1-2H3;/q-2;-1;+3. The summed E-state index contributed by atoms with van der Waals surface area (Å²) in [5, 5.41) is 0. The summed E-state index contributed by atoms with van der Waals surface area (Å²) in [6, 6.07) is 0. The molecule has 1 fully saturated rings. The normalized spacial score (nSPS) is 20.1. The van der Waals surface area contributed by atoms with Gasteiger partial charge in [0.2, 0.25) is 0 Å². The molecule has 19 heavy (non-hydrogen) atoms. The van der Waals surface area contributed by atoms with Crippen molar-refractivity contribution in [3.05, 3.63) is 0 Å². The molecule has 0 saturated carbocycles. The van der Waals surface area contributed by atoms with Crippen molar-refractivity contribution in [3.8, 4) is 0 Å². The van der Waals surface area contributed by atoms with Crippen LogP contribution in [0.15, 0.2) is 0 Å². The number of rotatable bonds is 7. The first-order chi connectivity index (χ1) is 8.75. The van der Waals surface area contributed by atoms with Crippen molar-refractivity contribution >= 4 is 20.6 Å². The molecule has 1 rings (SSSR count). The molecule has 1 aliphatic heterocycles. The Morgan fingerprint density at radius 3 is 1.47 bits per heavy atom. The molecule has 0 unspecified atom stereocenters. The van der Waals surface area contributed by atoms with Crippen LogP contribution in [0.5, 0.6) is 0 Å². The second-order valence-corrected chi connectivity index (χ2v) is 13.4. The first kappa shape index (κ1) is 17.7. The molecule has 0 N–H and O–H groups in total. The molecule has 4 heteroatoms. The van der Waals surface area contributed by atoms with Crippen LogP contribution < -0.4 is 0 Å². The summed E-state index contributed by atoms with van der Waals surface area (Å²) < 4.78 is 8.50. The van der Waals surface area contributed by atoms with E-state index < -0.39 is 20.6 Å². The van der Waals surface area contributed by atoms with Crippen LogP contribution in [0.25, 0.3) is 0 Å². The van der Waals surface area contributed by atoms with Crippen molar-refractivity contribution in [2.75, 3.05) is 19.8 Å². The molecule has 0 amide bonds. The zero-order valence-corrected chi connectivity index (χ0v) is 17.2. The third kappa shape index (κ3) is 3.47. The van der Waals surface area contributed by atoms with Gasteiger partial charge in [-0.05, 0) is 0 Å². The molecule has 0 aliphatic carbocycles. The van der Waals surface area contributed by atoms with E-state index in [1.54, 1.807) is 0 Å². The summed E-state index contributed by atoms with van der Waals surface area (Å²) in [5.41, 5.74) is 0.745. The molecular formula is C15H34N3Sn. The zero-order chi connectivity index (χ0) is 14.8. The van der Waals surface area contributed by atoms with Gasteiger partial charge in [0.05, 0.1) is 0 Å². The van der Waals surface area contributed by atoms with Crippen LogP contribution in [0.4, 0.5) is 0 Å². The minimum atomic E-state index is -1.80. The van der Waals surface area contributed by atoms with Crippen molar-refractivity contribution < 1.29 is 0 Å². The van der Waals surface area contributed by atoms with Crippen LogP contribution in [0.2, 0.25) is 0 Å². The summed E-state index contributed by atoms with van der Waals surface area (Å²) in [6.45, 7) is 22.6. The Kier molecular flexibility index (Phi) is 6.18. The SMILES string of the molecule is CC[N](CC)[Sn]1[N](C(C)(C)CC)C[N]1C(C)(C)CC. The Balaban J connectivity index is 2.95. The predicted molar refractivity (Wildman–Crippen MR) is 86.0 cm³/mol. The molecule has 1 aliphatic rings. The Morgan fingerprint density at radius 1 is 0.842 bits per heavy atom. The Bertz CT molecular complexity index is 265. The Labute approximate surface area is 129 Å². The van der Waals surface area contributed by atoms with Crippen LogP contribution in [-0.4, -0.2) is 60.8 Å². The Hall–Kier alpha value is 0.679. The number of hydrogen-bond acceptors (Lipinski definition) is 3. The molecule has 0 bridgehead atoms. The minimum absolute atomic E-state index is 0.373. The number of hydrogen-bond donors (Lipinski definition) is 0. The van der Waals surface area contributed by atoms with Crippen LogP contribution in [0.1, 0.15) is 68.2 Å². The molecule has 0 spiro atoms. The van der Waals surface area contributed by atoms with Gasteiger partial charge in [-0.1, -0.05) is 0 Å². The van der Waals surface area contributed by atoms with Crippen LogP contribution in [0, 0.1) is 0 Å². The topological polar surface area (TPSA) is 9.72 Å². The van der Waals surface area contributed by atoms with Gasteiger partial charge in [-0.2, -0.15) is 0 Å². The van der Waals surface area contributed by atoms with Crippen molar-refractivity contribution in [1.29, 1.82) is 0 Å². The molecule has 3 nitrogen and oxygen atoms in total. The average molecular weight is 375 g/mol. The summed E-state index contributed by atoms with van der Waals surface area (Å²) >= 11 is -1.80. The van der Waals surface area contributed by atoms with Gasteiger partial charge in [-0.25, -0.2) is 0 Å². The quantitative estimate of drug-likeness (QED) is 0.633. The summed E-state index contributed by atoms with van der Waals surface area (Å²) in [4.78, 5) is 0. The van der Waals surface area contributed by atoms with E-state index in [1.165, 1.54) is 32.6 Å². The van der Waals surface area contributed by atoms with Crippen molar-refractivity contribution in [2.45, 2.75) is 79.3 Å². The first-order valence-corrected chi connectivity index (χ1v) is 11.7. The van der Waals surface area contributed by atoms with Gasteiger partial charge in [0.1, 0.15) is 0 Å². The fourth-order valence-electron chi connectivity index (χ4n) is 2.49.